The lowest BCUT2D eigenvalue weighted by atomic mass is 9.90. The van der Waals surface area contributed by atoms with E-state index in [0.29, 0.717) is 17.4 Å². The zero-order valence-electron chi connectivity index (χ0n) is 21.1. The number of carbonyl (C=O) groups is 2. The number of nitrogens with one attached hydrogen (secondary N) is 1. The molecular formula is C32H34N2O3. The van der Waals surface area contributed by atoms with Crippen LogP contribution >= 0.6 is 0 Å². The number of benzene rings is 3. The third-order valence-corrected chi connectivity index (χ3v) is 8.31. The van der Waals surface area contributed by atoms with Crippen LogP contribution in [0, 0.1) is 11.8 Å². The molecule has 2 saturated heterocycles. The van der Waals surface area contributed by atoms with Crippen LogP contribution in [0.3, 0.4) is 0 Å². The number of rotatable bonds is 5. The molecule has 1 saturated carbocycles. The minimum absolute atomic E-state index is 0.00135. The molecule has 5 heteroatoms. The number of anilines is 1. The molecular weight excluding hydrogens is 460 g/mol. The summed E-state index contributed by atoms with van der Waals surface area (Å²) in [6, 6.07) is 25.8. The Labute approximate surface area is 218 Å². The van der Waals surface area contributed by atoms with Crippen LogP contribution in [0.15, 0.2) is 78.9 Å². The van der Waals surface area contributed by atoms with Crippen molar-refractivity contribution >= 4 is 17.5 Å². The van der Waals surface area contributed by atoms with Gasteiger partial charge in [0.2, 0.25) is 5.91 Å². The van der Waals surface area contributed by atoms with Gasteiger partial charge in [-0.25, -0.2) is 0 Å². The van der Waals surface area contributed by atoms with Crippen molar-refractivity contribution < 1.29 is 14.3 Å². The van der Waals surface area contributed by atoms with E-state index in [-0.39, 0.29) is 24.0 Å². The van der Waals surface area contributed by atoms with Crippen LogP contribution in [0.5, 0.6) is 0 Å². The molecule has 3 aromatic carbocycles. The highest BCUT2D eigenvalue weighted by molar-refractivity contribution is 6.04. The first-order valence-electron chi connectivity index (χ1n) is 13.6. The average Bonchev–Trinajstić information content (AvgIpc) is 3.64. The smallest absolute Gasteiger partial charge is 0.255 e. The van der Waals surface area contributed by atoms with E-state index in [1.165, 1.54) is 12.8 Å². The Morgan fingerprint density at radius 1 is 0.838 bits per heavy atom. The van der Waals surface area contributed by atoms with Crippen LogP contribution in [0.2, 0.25) is 0 Å². The summed E-state index contributed by atoms with van der Waals surface area (Å²) in [5.41, 5.74) is 4.69. The molecule has 0 aromatic heterocycles. The third-order valence-electron chi connectivity index (χ3n) is 8.31. The zero-order valence-corrected chi connectivity index (χ0v) is 21.1. The third kappa shape index (κ3) is 5.19. The molecule has 3 atom stereocenters. The first-order valence-corrected chi connectivity index (χ1v) is 13.6. The summed E-state index contributed by atoms with van der Waals surface area (Å²) in [5.74, 6) is 0.856. The standard InChI is InChI=1S/C32H34N2O3/c35-31(24-15-13-23(14-16-24)22-7-2-1-3-8-22)33-28-12-6-11-26(19-28)30-20-27-21-34(18-17-29(27)37-30)32(36)25-9-4-5-10-25/h1-3,6-8,11-16,19,25,27,29-30H,4-5,9-10,17-18,20-21H2,(H,33,35). The van der Waals surface area contributed by atoms with Crippen LogP contribution in [0.25, 0.3) is 11.1 Å². The molecule has 0 bridgehead atoms. The van der Waals surface area contributed by atoms with Gasteiger partial charge in [0.25, 0.3) is 5.91 Å². The molecule has 3 unspecified atom stereocenters. The quantitative estimate of drug-likeness (QED) is 0.442. The maximum Gasteiger partial charge on any atom is 0.255 e. The van der Waals surface area contributed by atoms with Crippen molar-refractivity contribution in [1.82, 2.24) is 4.90 Å². The number of hydrogen-bond donors (Lipinski definition) is 1. The number of ether oxygens (including phenoxy) is 1. The summed E-state index contributed by atoms with van der Waals surface area (Å²) in [7, 11) is 0. The highest BCUT2D eigenvalue weighted by atomic mass is 16.5. The van der Waals surface area contributed by atoms with Gasteiger partial charge in [-0.3, -0.25) is 9.59 Å². The van der Waals surface area contributed by atoms with Gasteiger partial charge in [-0.2, -0.15) is 0 Å². The van der Waals surface area contributed by atoms with E-state index in [4.69, 9.17) is 4.74 Å². The molecule has 0 radical (unpaired) electrons. The second-order valence-electron chi connectivity index (χ2n) is 10.7. The number of carbonyl (C=O) groups excluding carboxylic acids is 2. The number of amides is 2. The lowest BCUT2D eigenvalue weighted by Crippen LogP contribution is -2.46. The monoisotopic (exact) mass is 494 g/mol. The van der Waals surface area contributed by atoms with E-state index >= 15 is 0 Å². The number of nitrogens with zero attached hydrogens (tertiary/aromatic N) is 1. The van der Waals surface area contributed by atoms with Gasteiger partial charge >= 0.3 is 0 Å². The molecule has 37 heavy (non-hydrogen) atoms. The minimum Gasteiger partial charge on any atom is -0.370 e. The Hall–Kier alpha value is -3.44. The summed E-state index contributed by atoms with van der Waals surface area (Å²) in [6.07, 6.45) is 6.52. The van der Waals surface area contributed by atoms with E-state index in [9.17, 15) is 9.59 Å². The molecule has 3 aromatic rings. The van der Waals surface area contributed by atoms with Gasteiger partial charge in [0.15, 0.2) is 0 Å². The summed E-state index contributed by atoms with van der Waals surface area (Å²) < 4.78 is 6.45. The van der Waals surface area contributed by atoms with E-state index in [0.717, 1.165) is 61.2 Å². The number of hydrogen-bond acceptors (Lipinski definition) is 3. The van der Waals surface area contributed by atoms with Crippen LogP contribution < -0.4 is 5.32 Å². The van der Waals surface area contributed by atoms with Crippen LogP contribution in [0.1, 0.15) is 60.6 Å². The minimum atomic E-state index is -0.126. The van der Waals surface area contributed by atoms with Gasteiger partial charge in [-0.15, -0.1) is 0 Å². The maximum atomic E-state index is 12.9. The summed E-state index contributed by atoms with van der Waals surface area (Å²) in [4.78, 5) is 28.0. The number of piperidine rings is 1. The molecule has 3 aliphatic rings. The van der Waals surface area contributed by atoms with E-state index in [1.807, 2.05) is 60.7 Å². The molecule has 1 N–H and O–H groups in total. The normalized spacial score (nSPS) is 23.6. The Balaban J connectivity index is 1.08. The van der Waals surface area contributed by atoms with Crippen molar-refractivity contribution in [3.05, 3.63) is 90.0 Å². The lowest BCUT2D eigenvalue weighted by Gasteiger charge is -2.35. The van der Waals surface area contributed by atoms with Crippen LogP contribution in [-0.2, 0) is 9.53 Å². The topological polar surface area (TPSA) is 58.6 Å². The molecule has 2 amide bonds. The van der Waals surface area contributed by atoms with E-state index in [2.05, 4.69) is 28.4 Å². The Morgan fingerprint density at radius 3 is 2.38 bits per heavy atom. The Morgan fingerprint density at radius 2 is 1.59 bits per heavy atom. The second-order valence-corrected chi connectivity index (χ2v) is 10.7. The largest absolute Gasteiger partial charge is 0.370 e. The lowest BCUT2D eigenvalue weighted by molar-refractivity contribution is -0.138. The van der Waals surface area contributed by atoms with Gasteiger partial charge in [0.05, 0.1) is 12.2 Å². The van der Waals surface area contributed by atoms with Gasteiger partial charge in [-0.05, 0) is 66.6 Å². The Bertz CT molecular complexity index is 1250. The predicted octanol–water partition coefficient (Wildman–Crippen LogP) is 6.47. The fourth-order valence-electron chi connectivity index (χ4n) is 6.27. The highest BCUT2D eigenvalue weighted by Crippen LogP contribution is 2.42. The fourth-order valence-corrected chi connectivity index (χ4v) is 6.27. The first-order chi connectivity index (χ1) is 18.1. The molecule has 0 spiro atoms. The fraction of sp³-hybridized carbons (Fsp3) is 0.375. The average molecular weight is 495 g/mol. The van der Waals surface area contributed by atoms with Crippen molar-refractivity contribution in [1.29, 1.82) is 0 Å². The van der Waals surface area contributed by atoms with Crippen molar-refractivity contribution in [2.45, 2.75) is 50.7 Å². The number of likely N-dealkylation sites (tertiary alicyclic amines) is 1. The van der Waals surface area contributed by atoms with E-state index < -0.39 is 0 Å². The predicted molar refractivity (Wildman–Crippen MR) is 145 cm³/mol. The van der Waals surface area contributed by atoms with Crippen molar-refractivity contribution in [3.63, 3.8) is 0 Å². The highest BCUT2D eigenvalue weighted by Gasteiger charge is 2.41. The SMILES string of the molecule is O=C(Nc1cccc(C2CC3CN(C(=O)C4CCCC4)CCC3O2)c1)c1ccc(-c2ccccc2)cc1. The second kappa shape index (κ2) is 10.5. The van der Waals surface area contributed by atoms with Crippen LogP contribution in [0.4, 0.5) is 5.69 Å². The molecule has 190 valence electrons. The molecule has 2 aliphatic heterocycles. The number of fused-ring (bicyclic) bond motifs is 1. The zero-order chi connectivity index (χ0) is 25.2. The molecule has 1 aliphatic carbocycles. The van der Waals surface area contributed by atoms with Crippen molar-refractivity contribution in [2.75, 3.05) is 18.4 Å². The molecule has 3 fully saturated rings. The van der Waals surface area contributed by atoms with Gasteiger partial charge in [0, 0.05) is 36.2 Å². The molecule has 6 rings (SSSR count). The van der Waals surface area contributed by atoms with E-state index in [1.54, 1.807) is 0 Å². The van der Waals surface area contributed by atoms with Gasteiger partial charge in [-0.1, -0.05) is 67.4 Å². The van der Waals surface area contributed by atoms with Gasteiger partial charge < -0.3 is 15.0 Å². The summed E-state index contributed by atoms with van der Waals surface area (Å²) in [6.45, 7) is 1.62. The molecule has 2 heterocycles. The summed E-state index contributed by atoms with van der Waals surface area (Å²) in [5, 5.41) is 3.05. The maximum absolute atomic E-state index is 12.9. The van der Waals surface area contributed by atoms with Crippen molar-refractivity contribution in [3.8, 4) is 11.1 Å². The van der Waals surface area contributed by atoms with Gasteiger partial charge in [0.1, 0.15) is 0 Å². The Kier molecular flexibility index (Phi) is 6.79. The first kappa shape index (κ1) is 23.9. The van der Waals surface area contributed by atoms with Crippen molar-refractivity contribution in [2.24, 2.45) is 11.8 Å². The summed E-state index contributed by atoms with van der Waals surface area (Å²) >= 11 is 0. The molecule has 5 nitrogen and oxygen atoms in total. The van der Waals surface area contributed by atoms with Crippen LogP contribution in [-0.4, -0.2) is 35.9 Å².